The number of carbonyl (C=O) groups excluding carboxylic acids is 1. The van der Waals surface area contributed by atoms with Gasteiger partial charge in [0.15, 0.2) is 0 Å². The molecule has 2 rings (SSSR count). The monoisotopic (exact) mass is 336 g/mol. The molecule has 116 valence electrons. The zero-order valence-electron chi connectivity index (χ0n) is 12.6. The van der Waals surface area contributed by atoms with Gasteiger partial charge in [0.1, 0.15) is 0 Å². The summed E-state index contributed by atoms with van der Waals surface area (Å²) in [6.45, 7) is 8.40. The summed E-state index contributed by atoms with van der Waals surface area (Å²) in [7, 11) is 0. The lowest BCUT2D eigenvalue weighted by atomic mass is 10.1. The third-order valence-corrected chi connectivity index (χ3v) is 4.07. The van der Waals surface area contributed by atoms with Gasteiger partial charge in [-0.15, -0.1) is 0 Å². The number of hydrogen-bond acceptors (Lipinski definition) is 1. The first-order valence-electron chi connectivity index (χ1n) is 6.98. The Morgan fingerprint density at radius 2 is 2.09 bits per heavy atom. The molecule has 0 aliphatic carbocycles. The highest BCUT2D eigenvalue weighted by molar-refractivity contribution is 6.42. The van der Waals surface area contributed by atoms with Gasteiger partial charge in [-0.1, -0.05) is 47.5 Å². The molecule has 1 aliphatic heterocycles. The van der Waals surface area contributed by atoms with E-state index in [0.29, 0.717) is 22.3 Å². The molecule has 1 N–H and O–H groups in total. The largest absolute Gasteiger partial charge is 0.326 e. The van der Waals surface area contributed by atoms with Crippen LogP contribution in [0, 0.1) is 0 Å². The minimum Gasteiger partial charge on any atom is -0.307 e. The van der Waals surface area contributed by atoms with E-state index in [9.17, 15) is 4.79 Å². The number of nitrogens with one attached hydrogen (secondary N) is 1. The molecule has 1 aromatic rings. The van der Waals surface area contributed by atoms with Crippen molar-refractivity contribution in [3.05, 3.63) is 63.8 Å². The number of anilines is 1. The molecule has 0 radical (unpaired) electrons. The van der Waals surface area contributed by atoms with Crippen molar-refractivity contribution >= 4 is 34.9 Å². The lowest BCUT2D eigenvalue weighted by Crippen LogP contribution is -2.31. The van der Waals surface area contributed by atoms with E-state index in [0.717, 1.165) is 23.3 Å². The van der Waals surface area contributed by atoms with Crippen LogP contribution >= 0.6 is 23.2 Å². The molecular formula is C17H18Cl2N2O. The maximum Gasteiger partial charge on any atom is 0.326 e. The molecule has 0 atom stereocenters. The summed E-state index contributed by atoms with van der Waals surface area (Å²) in [6, 6.07) is 4.84. The standard InChI is InChI=1S/C17H18Cl2N2O/c1-4-16-12(9-11(2)3)7-8-21(16)17(22)20-13-5-6-14(18)15(19)10-13/h4-6,9-10H,2,7-8H2,1,3H3,(H,20,22)/b12-9-,16-4+. The summed E-state index contributed by atoms with van der Waals surface area (Å²) in [5.41, 5.74) is 3.63. The number of carbonyl (C=O) groups is 1. The van der Waals surface area contributed by atoms with Crippen LogP contribution in [0.2, 0.25) is 10.0 Å². The number of amides is 2. The van der Waals surface area contributed by atoms with E-state index in [1.54, 1.807) is 23.1 Å². The fourth-order valence-corrected chi connectivity index (χ4v) is 2.71. The Hall–Kier alpha value is -1.71. The van der Waals surface area contributed by atoms with Crippen LogP contribution in [0.4, 0.5) is 10.5 Å². The summed E-state index contributed by atoms with van der Waals surface area (Å²) in [4.78, 5) is 14.2. The van der Waals surface area contributed by atoms with E-state index in [4.69, 9.17) is 23.2 Å². The van der Waals surface area contributed by atoms with Crippen LogP contribution in [0.15, 0.2) is 53.8 Å². The van der Waals surface area contributed by atoms with E-state index in [2.05, 4.69) is 11.9 Å². The number of rotatable bonds is 2. The van der Waals surface area contributed by atoms with Crippen LogP contribution in [0.3, 0.4) is 0 Å². The van der Waals surface area contributed by atoms with Crippen molar-refractivity contribution in [2.24, 2.45) is 0 Å². The second-order valence-electron chi connectivity index (χ2n) is 5.15. The van der Waals surface area contributed by atoms with Crippen LogP contribution in [0.5, 0.6) is 0 Å². The molecule has 1 heterocycles. The molecule has 1 aromatic carbocycles. The Balaban J connectivity index is 2.16. The molecule has 1 aliphatic rings. The highest BCUT2D eigenvalue weighted by atomic mass is 35.5. The lowest BCUT2D eigenvalue weighted by Gasteiger charge is -2.19. The fraction of sp³-hybridized carbons (Fsp3) is 0.235. The number of urea groups is 1. The maximum absolute atomic E-state index is 12.5. The first-order valence-corrected chi connectivity index (χ1v) is 7.74. The van der Waals surface area contributed by atoms with E-state index >= 15 is 0 Å². The van der Waals surface area contributed by atoms with E-state index < -0.39 is 0 Å². The van der Waals surface area contributed by atoms with Gasteiger partial charge >= 0.3 is 6.03 Å². The minimum absolute atomic E-state index is 0.184. The normalized spacial score (nSPS) is 18.1. The second-order valence-corrected chi connectivity index (χ2v) is 5.96. The van der Waals surface area contributed by atoms with Gasteiger partial charge in [0, 0.05) is 17.9 Å². The first kappa shape index (κ1) is 16.7. The average molecular weight is 337 g/mol. The Kier molecular flexibility index (Phi) is 5.33. The Labute approximate surface area is 140 Å². The first-order chi connectivity index (χ1) is 10.4. The molecular weight excluding hydrogens is 319 g/mol. The Morgan fingerprint density at radius 1 is 1.36 bits per heavy atom. The van der Waals surface area contributed by atoms with Crippen LogP contribution in [0.25, 0.3) is 0 Å². The summed E-state index contributed by atoms with van der Waals surface area (Å²) < 4.78 is 0. The Bertz CT molecular complexity index is 677. The maximum atomic E-state index is 12.5. The molecule has 2 amide bonds. The molecule has 0 unspecified atom stereocenters. The molecule has 3 nitrogen and oxygen atoms in total. The summed E-state index contributed by atoms with van der Waals surface area (Å²) in [5, 5.41) is 3.72. The van der Waals surface area contributed by atoms with Gasteiger partial charge < -0.3 is 5.32 Å². The van der Waals surface area contributed by atoms with E-state index in [-0.39, 0.29) is 6.03 Å². The summed E-state index contributed by atoms with van der Waals surface area (Å²) in [5.74, 6) is 0. The minimum atomic E-state index is -0.184. The van der Waals surface area contributed by atoms with Crippen molar-refractivity contribution in [1.82, 2.24) is 4.90 Å². The number of likely N-dealkylation sites (tertiary alicyclic amines) is 1. The van der Waals surface area contributed by atoms with Gasteiger partial charge in [-0.2, -0.15) is 0 Å². The zero-order valence-corrected chi connectivity index (χ0v) is 14.1. The number of hydrogen-bond donors (Lipinski definition) is 1. The highest BCUT2D eigenvalue weighted by Gasteiger charge is 2.26. The van der Waals surface area contributed by atoms with Crippen molar-refractivity contribution < 1.29 is 4.79 Å². The summed E-state index contributed by atoms with van der Waals surface area (Å²) in [6.07, 6.45) is 4.78. The van der Waals surface area contributed by atoms with Crippen molar-refractivity contribution in [3.8, 4) is 0 Å². The predicted molar refractivity (Wildman–Crippen MR) is 93.5 cm³/mol. The van der Waals surface area contributed by atoms with Crippen LogP contribution in [-0.2, 0) is 0 Å². The molecule has 5 heteroatoms. The van der Waals surface area contributed by atoms with Gasteiger partial charge in [0.2, 0.25) is 0 Å². The van der Waals surface area contributed by atoms with Crippen molar-refractivity contribution in [2.75, 3.05) is 11.9 Å². The van der Waals surface area contributed by atoms with Crippen molar-refractivity contribution in [1.29, 1.82) is 0 Å². The third-order valence-electron chi connectivity index (χ3n) is 3.33. The van der Waals surface area contributed by atoms with Gasteiger partial charge in [-0.05, 0) is 44.0 Å². The van der Waals surface area contributed by atoms with E-state index in [1.807, 2.05) is 26.0 Å². The molecule has 0 aromatic heterocycles. The summed E-state index contributed by atoms with van der Waals surface area (Å²) >= 11 is 11.8. The Morgan fingerprint density at radius 3 is 2.68 bits per heavy atom. The molecule has 0 saturated carbocycles. The molecule has 0 bridgehead atoms. The number of nitrogens with zero attached hydrogens (tertiary/aromatic N) is 1. The van der Waals surface area contributed by atoms with Crippen molar-refractivity contribution in [2.45, 2.75) is 20.3 Å². The number of allylic oxidation sites excluding steroid dienone is 4. The van der Waals surface area contributed by atoms with Gasteiger partial charge in [-0.3, -0.25) is 4.90 Å². The van der Waals surface area contributed by atoms with Crippen LogP contribution in [-0.4, -0.2) is 17.5 Å². The average Bonchev–Trinajstić information content (AvgIpc) is 2.85. The highest BCUT2D eigenvalue weighted by Crippen LogP contribution is 2.30. The van der Waals surface area contributed by atoms with Crippen LogP contribution in [0.1, 0.15) is 20.3 Å². The predicted octanol–water partition coefficient (Wildman–Crippen LogP) is 5.64. The molecule has 1 saturated heterocycles. The number of halogens is 2. The zero-order chi connectivity index (χ0) is 16.3. The second kappa shape index (κ2) is 7.03. The topological polar surface area (TPSA) is 32.3 Å². The third kappa shape index (κ3) is 3.73. The van der Waals surface area contributed by atoms with Gasteiger partial charge in [0.05, 0.1) is 10.0 Å². The van der Waals surface area contributed by atoms with Gasteiger partial charge in [0.25, 0.3) is 0 Å². The molecule has 1 fully saturated rings. The van der Waals surface area contributed by atoms with Crippen LogP contribution < -0.4 is 5.32 Å². The lowest BCUT2D eigenvalue weighted by molar-refractivity contribution is 0.230. The molecule has 22 heavy (non-hydrogen) atoms. The molecule has 0 spiro atoms. The van der Waals surface area contributed by atoms with Crippen molar-refractivity contribution in [3.63, 3.8) is 0 Å². The SMILES string of the molecule is C=C(C)/C=C1/CCN(C(=O)Nc2ccc(Cl)c(Cl)c2)/C1=C/C. The quantitative estimate of drug-likeness (QED) is 0.744. The number of benzene rings is 1. The van der Waals surface area contributed by atoms with Gasteiger partial charge in [-0.25, -0.2) is 4.79 Å². The fourth-order valence-electron chi connectivity index (χ4n) is 2.41. The smallest absolute Gasteiger partial charge is 0.307 e. The van der Waals surface area contributed by atoms with E-state index in [1.165, 1.54) is 0 Å².